The molecule has 1 aliphatic rings. The van der Waals surface area contributed by atoms with Crippen LogP contribution >= 0.6 is 34.9 Å². The number of thiocarbonyl (C=S) groups is 1. The molecule has 3 nitrogen and oxygen atoms in total. The highest BCUT2D eigenvalue weighted by atomic mass is 32.1. The van der Waals surface area contributed by atoms with Crippen LogP contribution in [0.15, 0.2) is 17.5 Å². The molecule has 0 bridgehead atoms. The molecule has 2 N–H and O–H groups in total. The molecule has 1 fully saturated rings. The van der Waals surface area contributed by atoms with Crippen LogP contribution in [0.3, 0.4) is 0 Å². The highest BCUT2D eigenvalue weighted by Gasteiger charge is 2.21. The largest absolute Gasteiger partial charge is 0.360 e. The van der Waals surface area contributed by atoms with E-state index in [0.717, 1.165) is 22.4 Å². The standard InChI is InChI=1S/C13H15N3S3/c1-8-15-11(7-18-8)12-5-4-10(19-12)6-14-13(17)16-9-2-3-9/h4-5,7,9H,2-3,6H2,1H3,(H2,14,16,17). The number of aryl methyl sites for hydroxylation is 1. The van der Waals surface area contributed by atoms with Crippen molar-refractivity contribution < 1.29 is 0 Å². The summed E-state index contributed by atoms with van der Waals surface area (Å²) in [5.41, 5.74) is 1.08. The zero-order valence-electron chi connectivity index (χ0n) is 10.6. The lowest BCUT2D eigenvalue weighted by Gasteiger charge is -2.07. The number of hydrogen-bond donors (Lipinski definition) is 2. The molecule has 3 rings (SSSR count). The van der Waals surface area contributed by atoms with Gasteiger partial charge < -0.3 is 10.6 Å². The molecule has 1 aliphatic carbocycles. The molecule has 0 spiro atoms. The number of aromatic nitrogens is 1. The molecule has 0 saturated heterocycles. The van der Waals surface area contributed by atoms with Gasteiger partial charge >= 0.3 is 0 Å². The molecule has 0 aliphatic heterocycles. The maximum absolute atomic E-state index is 5.24. The average molecular weight is 309 g/mol. The lowest BCUT2D eigenvalue weighted by molar-refractivity contribution is 0.836. The van der Waals surface area contributed by atoms with Gasteiger partial charge in [-0.1, -0.05) is 0 Å². The van der Waals surface area contributed by atoms with Crippen LogP contribution in [0.2, 0.25) is 0 Å². The van der Waals surface area contributed by atoms with Gasteiger partial charge in [0.15, 0.2) is 5.11 Å². The van der Waals surface area contributed by atoms with Crippen molar-refractivity contribution >= 4 is 40.0 Å². The van der Waals surface area contributed by atoms with Crippen molar-refractivity contribution in [1.82, 2.24) is 15.6 Å². The molecule has 1 saturated carbocycles. The predicted molar refractivity (Wildman–Crippen MR) is 85.8 cm³/mol. The predicted octanol–water partition coefficient (Wildman–Crippen LogP) is 3.31. The van der Waals surface area contributed by atoms with Crippen LogP contribution in [0.25, 0.3) is 10.6 Å². The molecule has 2 aromatic rings. The monoisotopic (exact) mass is 309 g/mol. The van der Waals surface area contributed by atoms with Gasteiger partial charge in [-0.15, -0.1) is 22.7 Å². The summed E-state index contributed by atoms with van der Waals surface area (Å²) in [6, 6.07) is 4.88. The molecule has 0 atom stereocenters. The highest BCUT2D eigenvalue weighted by Crippen LogP contribution is 2.28. The molecule has 0 amide bonds. The van der Waals surface area contributed by atoms with Crippen molar-refractivity contribution in [2.24, 2.45) is 0 Å². The van der Waals surface area contributed by atoms with E-state index in [1.54, 1.807) is 22.7 Å². The van der Waals surface area contributed by atoms with Crippen LogP contribution in [-0.2, 0) is 6.54 Å². The fourth-order valence-electron chi connectivity index (χ4n) is 1.72. The van der Waals surface area contributed by atoms with Crippen molar-refractivity contribution in [1.29, 1.82) is 0 Å². The van der Waals surface area contributed by atoms with Gasteiger partial charge in [0, 0.05) is 16.3 Å². The SMILES string of the molecule is Cc1nc(-c2ccc(CNC(=S)NC3CC3)s2)cs1. The van der Waals surface area contributed by atoms with Crippen molar-refractivity contribution in [3.63, 3.8) is 0 Å². The maximum atomic E-state index is 5.24. The first-order valence-electron chi connectivity index (χ1n) is 6.26. The van der Waals surface area contributed by atoms with Crippen LogP contribution < -0.4 is 10.6 Å². The summed E-state index contributed by atoms with van der Waals surface area (Å²) in [7, 11) is 0. The number of hydrogen-bond acceptors (Lipinski definition) is 4. The second-order valence-electron chi connectivity index (χ2n) is 4.62. The van der Waals surface area contributed by atoms with E-state index < -0.39 is 0 Å². The van der Waals surface area contributed by atoms with Crippen LogP contribution in [0.4, 0.5) is 0 Å². The minimum Gasteiger partial charge on any atom is -0.360 e. The summed E-state index contributed by atoms with van der Waals surface area (Å²) in [6.45, 7) is 2.82. The molecule has 0 unspecified atom stereocenters. The zero-order chi connectivity index (χ0) is 13.2. The molecule has 0 aromatic carbocycles. The highest BCUT2D eigenvalue weighted by molar-refractivity contribution is 7.80. The van der Waals surface area contributed by atoms with Crippen molar-refractivity contribution in [3.8, 4) is 10.6 Å². The van der Waals surface area contributed by atoms with Crippen LogP contribution in [0, 0.1) is 6.92 Å². The fraction of sp³-hybridized carbons (Fsp3) is 0.385. The summed E-state index contributed by atoms with van der Waals surface area (Å²) in [5, 5.41) is 10.5. The Kier molecular flexibility index (Phi) is 3.81. The number of rotatable bonds is 4. The van der Waals surface area contributed by atoms with E-state index >= 15 is 0 Å². The van der Waals surface area contributed by atoms with E-state index in [9.17, 15) is 0 Å². The molecular weight excluding hydrogens is 294 g/mol. The van der Waals surface area contributed by atoms with E-state index in [1.165, 1.54) is 22.6 Å². The van der Waals surface area contributed by atoms with Gasteiger partial charge in [-0.25, -0.2) is 4.98 Å². The smallest absolute Gasteiger partial charge is 0.166 e. The Bertz CT molecular complexity index is 583. The summed E-state index contributed by atoms with van der Waals surface area (Å²) in [6.07, 6.45) is 2.49. The Morgan fingerprint density at radius 3 is 3.00 bits per heavy atom. The first-order chi connectivity index (χ1) is 9.20. The van der Waals surface area contributed by atoms with Crippen LogP contribution in [0.1, 0.15) is 22.7 Å². The van der Waals surface area contributed by atoms with Gasteiger partial charge in [0.05, 0.1) is 22.1 Å². The lowest BCUT2D eigenvalue weighted by Crippen LogP contribution is -2.35. The van der Waals surface area contributed by atoms with E-state index in [1.807, 2.05) is 6.92 Å². The molecule has 19 heavy (non-hydrogen) atoms. The van der Waals surface area contributed by atoms with Crippen LogP contribution in [-0.4, -0.2) is 16.1 Å². The molecule has 2 heterocycles. The van der Waals surface area contributed by atoms with Gasteiger partial charge in [0.2, 0.25) is 0 Å². The van der Waals surface area contributed by atoms with Crippen molar-refractivity contribution in [2.75, 3.05) is 0 Å². The number of nitrogens with one attached hydrogen (secondary N) is 2. The van der Waals surface area contributed by atoms with Crippen LogP contribution in [0.5, 0.6) is 0 Å². The van der Waals surface area contributed by atoms with E-state index in [0.29, 0.717) is 6.04 Å². The summed E-state index contributed by atoms with van der Waals surface area (Å²) >= 11 is 8.70. The first-order valence-corrected chi connectivity index (χ1v) is 8.37. The number of nitrogens with zero attached hydrogens (tertiary/aromatic N) is 1. The molecular formula is C13H15N3S3. The maximum Gasteiger partial charge on any atom is 0.166 e. The van der Waals surface area contributed by atoms with E-state index in [4.69, 9.17) is 12.2 Å². The second-order valence-corrected chi connectivity index (χ2v) is 7.26. The summed E-state index contributed by atoms with van der Waals surface area (Å²) in [4.78, 5) is 7.01. The third-order valence-corrected chi connectivity index (χ3v) is 5.01. The van der Waals surface area contributed by atoms with E-state index in [2.05, 4.69) is 33.1 Å². The van der Waals surface area contributed by atoms with Gasteiger partial charge in [0.1, 0.15) is 0 Å². The second kappa shape index (κ2) is 5.56. The molecule has 6 heteroatoms. The van der Waals surface area contributed by atoms with E-state index in [-0.39, 0.29) is 0 Å². The van der Waals surface area contributed by atoms with Gasteiger partial charge in [-0.2, -0.15) is 0 Å². The van der Waals surface area contributed by atoms with Crippen molar-refractivity contribution in [3.05, 3.63) is 27.4 Å². The average Bonchev–Trinajstić information content (AvgIpc) is 2.91. The third kappa shape index (κ3) is 3.52. The minimum absolute atomic E-state index is 0.608. The summed E-state index contributed by atoms with van der Waals surface area (Å²) < 4.78 is 0. The van der Waals surface area contributed by atoms with Gasteiger partial charge in [-0.05, 0) is 44.1 Å². The summed E-state index contributed by atoms with van der Waals surface area (Å²) in [5.74, 6) is 0. The Morgan fingerprint density at radius 1 is 1.47 bits per heavy atom. The topological polar surface area (TPSA) is 37.0 Å². The first kappa shape index (κ1) is 13.0. The Morgan fingerprint density at radius 2 is 2.32 bits per heavy atom. The molecule has 2 aromatic heterocycles. The normalized spacial score (nSPS) is 14.4. The fourth-order valence-corrected chi connectivity index (χ4v) is 3.55. The molecule has 0 radical (unpaired) electrons. The van der Waals surface area contributed by atoms with Gasteiger partial charge in [-0.3, -0.25) is 0 Å². The lowest BCUT2D eigenvalue weighted by atomic mass is 10.3. The quantitative estimate of drug-likeness (QED) is 0.850. The minimum atomic E-state index is 0.608. The number of thiophene rings is 1. The Labute approximate surface area is 126 Å². The third-order valence-electron chi connectivity index (χ3n) is 2.87. The van der Waals surface area contributed by atoms with Crippen molar-refractivity contribution in [2.45, 2.75) is 32.4 Å². The number of thiazole rings is 1. The zero-order valence-corrected chi connectivity index (χ0v) is 13.1. The molecule has 100 valence electrons. The van der Waals surface area contributed by atoms with Gasteiger partial charge in [0.25, 0.3) is 0 Å². The Balaban J connectivity index is 1.57. The Hall–Kier alpha value is -0.980.